The molecule has 3 rings (SSSR count). The number of nitrogens with one attached hydrogen (secondary N) is 1. The van der Waals surface area contributed by atoms with Crippen molar-refractivity contribution in [1.82, 2.24) is 9.88 Å². The van der Waals surface area contributed by atoms with Gasteiger partial charge in [0.2, 0.25) is 0 Å². The van der Waals surface area contributed by atoms with Crippen LogP contribution >= 0.6 is 15.9 Å². The Bertz CT molecular complexity index is 567. The number of benzene rings is 1. The molecule has 0 radical (unpaired) electrons. The first-order valence-electron chi connectivity index (χ1n) is 6.68. The number of aromatic nitrogens is 1. The van der Waals surface area contributed by atoms with Crippen LogP contribution in [0.5, 0.6) is 0 Å². The Morgan fingerprint density at radius 3 is 2.83 bits per heavy atom. The van der Waals surface area contributed by atoms with E-state index < -0.39 is 0 Å². The molecule has 0 aliphatic heterocycles. The van der Waals surface area contributed by atoms with E-state index in [9.17, 15) is 0 Å². The molecular weight excluding hydrogens is 288 g/mol. The Balaban J connectivity index is 2.05. The van der Waals surface area contributed by atoms with Crippen molar-refractivity contribution in [3.05, 3.63) is 34.4 Å². The van der Waals surface area contributed by atoms with Gasteiger partial charge in [0.15, 0.2) is 0 Å². The van der Waals surface area contributed by atoms with Crippen LogP contribution < -0.4 is 5.32 Å². The maximum Gasteiger partial charge on any atom is 0.0629 e. The van der Waals surface area contributed by atoms with Crippen LogP contribution in [0, 0.1) is 0 Å². The third-order valence-corrected chi connectivity index (χ3v) is 4.20. The first-order chi connectivity index (χ1) is 8.66. The second-order valence-electron chi connectivity index (χ2n) is 5.43. The zero-order valence-corrected chi connectivity index (χ0v) is 12.5. The monoisotopic (exact) mass is 306 g/mol. The van der Waals surface area contributed by atoms with E-state index in [2.05, 4.69) is 63.9 Å². The van der Waals surface area contributed by atoms with Crippen LogP contribution in [0.3, 0.4) is 0 Å². The summed E-state index contributed by atoms with van der Waals surface area (Å²) < 4.78 is 3.63. The molecule has 2 nitrogen and oxygen atoms in total. The summed E-state index contributed by atoms with van der Waals surface area (Å²) in [6.45, 7) is 5.48. The van der Waals surface area contributed by atoms with Crippen molar-refractivity contribution >= 4 is 26.8 Å². The Labute approximate surface area is 116 Å². The van der Waals surface area contributed by atoms with Crippen LogP contribution in [0.4, 0.5) is 0 Å². The molecule has 0 unspecified atom stereocenters. The fourth-order valence-electron chi connectivity index (χ4n) is 2.56. The molecule has 96 valence electrons. The summed E-state index contributed by atoms with van der Waals surface area (Å²) in [7, 11) is 0. The number of fused-ring (bicyclic) bond motifs is 1. The Kier molecular flexibility index (Phi) is 3.20. The van der Waals surface area contributed by atoms with Crippen LogP contribution in [-0.2, 0) is 6.54 Å². The summed E-state index contributed by atoms with van der Waals surface area (Å²) >= 11 is 3.68. The van der Waals surface area contributed by atoms with Gasteiger partial charge in [0.05, 0.1) is 5.52 Å². The molecule has 1 aromatic heterocycles. The Hall–Kier alpha value is -0.800. The largest absolute Gasteiger partial charge is 0.340 e. The van der Waals surface area contributed by atoms with Gasteiger partial charge in [-0.25, -0.2) is 0 Å². The number of rotatable bonds is 4. The summed E-state index contributed by atoms with van der Waals surface area (Å²) in [6.07, 6.45) is 2.68. The van der Waals surface area contributed by atoms with Crippen molar-refractivity contribution < 1.29 is 0 Å². The highest BCUT2D eigenvalue weighted by atomic mass is 79.9. The summed E-state index contributed by atoms with van der Waals surface area (Å²) in [5.74, 6) is 0. The molecule has 1 aliphatic rings. The molecule has 2 aromatic rings. The van der Waals surface area contributed by atoms with E-state index in [0.29, 0.717) is 6.04 Å². The zero-order valence-electron chi connectivity index (χ0n) is 10.9. The lowest BCUT2D eigenvalue weighted by molar-refractivity contribution is 0.565. The second-order valence-corrected chi connectivity index (χ2v) is 6.29. The number of para-hydroxylation sites is 1. The second kappa shape index (κ2) is 4.71. The van der Waals surface area contributed by atoms with E-state index in [1.54, 1.807) is 0 Å². The van der Waals surface area contributed by atoms with Crippen molar-refractivity contribution in [2.24, 2.45) is 0 Å². The van der Waals surface area contributed by atoms with Crippen LogP contribution in [0.25, 0.3) is 10.9 Å². The predicted molar refractivity (Wildman–Crippen MR) is 79.9 cm³/mol. The first-order valence-corrected chi connectivity index (χ1v) is 7.48. The van der Waals surface area contributed by atoms with Gasteiger partial charge >= 0.3 is 0 Å². The van der Waals surface area contributed by atoms with Crippen molar-refractivity contribution in [1.29, 1.82) is 0 Å². The minimum Gasteiger partial charge on any atom is -0.340 e. The summed E-state index contributed by atoms with van der Waals surface area (Å²) in [5.41, 5.74) is 2.71. The van der Waals surface area contributed by atoms with Gasteiger partial charge in [0.25, 0.3) is 0 Å². The Morgan fingerprint density at radius 1 is 1.39 bits per heavy atom. The van der Waals surface area contributed by atoms with E-state index in [1.807, 2.05) is 0 Å². The highest BCUT2D eigenvalue weighted by molar-refractivity contribution is 9.10. The van der Waals surface area contributed by atoms with E-state index in [0.717, 1.165) is 12.6 Å². The van der Waals surface area contributed by atoms with Gasteiger partial charge in [-0.1, -0.05) is 12.1 Å². The highest BCUT2D eigenvalue weighted by Gasteiger charge is 2.21. The SMILES string of the molecule is CC(C)n1c(CNC2CC2)cc2cccc(Br)c21. The maximum absolute atomic E-state index is 3.68. The van der Waals surface area contributed by atoms with Crippen molar-refractivity contribution in [2.75, 3.05) is 0 Å². The van der Waals surface area contributed by atoms with E-state index in [-0.39, 0.29) is 0 Å². The smallest absolute Gasteiger partial charge is 0.0629 e. The molecule has 1 fully saturated rings. The Morgan fingerprint density at radius 2 is 2.17 bits per heavy atom. The maximum atomic E-state index is 3.68. The average molecular weight is 307 g/mol. The van der Waals surface area contributed by atoms with Gasteiger partial charge < -0.3 is 9.88 Å². The minimum atomic E-state index is 0.484. The van der Waals surface area contributed by atoms with Crippen LogP contribution in [-0.4, -0.2) is 10.6 Å². The molecule has 0 bridgehead atoms. The van der Waals surface area contributed by atoms with Gasteiger partial charge in [-0.15, -0.1) is 0 Å². The van der Waals surface area contributed by atoms with Gasteiger partial charge in [-0.05, 0) is 54.8 Å². The summed E-state index contributed by atoms with van der Waals surface area (Å²) in [4.78, 5) is 0. The summed E-state index contributed by atoms with van der Waals surface area (Å²) in [6, 6.07) is 9.98. The fraction of sp³-hybridized carbons (Fsp3) is 0.467. The van der Waals surface area contributed by atoms with Gasteiger partial charge in [-0.2, -0.15) is 0 Å². The molecule has 1 aromatic carbocycles. The number of hydrogen-bond acceptors (Lipinski definition) is 1. The molecule has 0 amide bonds. The fourth-order valence-corrected chi connectivity index (χ4v) is 3.13. The van der Waals surface area contributed by atoms with Gasteiger partial charge in [-0.3, -0.25) is 0 Å². The molecule has 18 heavy (non-hydrogen) atoms. The lowest BCUT2D eigenvalue weighted by Gasteiger charge is -2.16. The van der Waals surface area contributed by atoms with Crippen molar-refractivity contribution in [3.63, 3.8) is 0 Å². The predicted octanol–water partition coefficient (Wildman–Crippen LogP) is 4.24. The van der Waals surface area contributed by atoms with Crippen LogP contribution in [0.2, 0.25) is 0 Å². The molecule has 1 aliphatic carbocycles. The number of halogens is 1. The lowest BCUT2D eigenvalue weighted by Crippen LogP contribution is -2.18. The van der Waals surface area contributed by atoms with E-state index in [4.69, 9.17) is 0 Å². The molecule has 0 spiro atoms. The molecule has 3 heteroatoms. The molecule has 1 heterocycles. The number of hydrogen-bond donors (Lipinski definition) is 1. The quantitative estimate of drug-likeness (QED) is 0.894. The standard InChI is InChI=1S/C15H19BrN2/c1-10(2)18-13(9-17-12-6-7-12)8-11-4-3-5-14(16)15(11)18/h3-5,8,10,12,17H,6-7,9H2,1-2H3. The molecule has 0 saturated heterocycles. The van der Waals surface area contributed by atoms with Gasteiger partial charge in [0.1, 0.15) is 0 Å². The molecular formula is C15H19BrN2. The zero-order chi connectivity index (χ0) is 12.7. The van der Waals surface area contributed by atoms with Gasteiger partial charge in [0, 0.05) is 34.2 Å². The van der Waals surface area contributed by atoms with E-state index >= 15 is 0 Å². The molecule has 0 atom stereocenters. The summed E-state index contributed by atoms with van der Waals surface area (Å²) in [5, 5.41) is 4.94. The normalized spacial score (nSPS) is 15.8. The third kappa shape index (κ3) is 2.21. The lowest BCUT2D eigenvalue weighted by atomic mass is 10.2. The highest BCUT2D eigenvalue weighted by Crippen LogP contribution is 2.30. The average Bonchev–Trinajstić information content (AvgIpc) is 3.06. The third-order valence-electron chi connectivity index (χ3n) is 3.56. The van der Waals surface area contributed by atoms with Crippen LogP contribution in [0.15, 0.2) is 28.7 Å². The van der Waals surface area contributed by atoms with Crippen molar-refractivity contribution in [3.8, 4) is 0 Å². The van der Waals surface area contributed by atoms with Crippen LogP contribution in [0.1, 0.15) is 38.4 Å². The van der Waals surface area contributed by atoms with E-state index in [1.165, 1.54) is 33.9 Å². The minimum absolute atomic E-state index is 0.484. The van der Waals surface area contributed by atoms with Crippen molar-refractivity contribution in [2.45, 2.75) is 45.3 Å². The topological polar surface area (TPSA) is 17.0 Å². The number of nitrogens with zero attached hydrogens (tertiary/aromatic N) is 1. The first kappa shape index (κ1) is 12.2. The molecule has 1 N–H and O–H groups in total. The molecule has 1 saturated carbocycles.